The number of ether oxygens (including phenoxy) is 1. The average Bonchev–Trinajstić information content (AvgIpc) is 2.74. The van der Waals surface area contributed by atoms with E-state index in [4.69, 9.17) is 4.74 Å². The van der Waals surface area contributed by atoms with E-state index in [1.807, 2.05) is 0 Å². The van der Waals surface area contributed by atoms with E-state index in [1.54, 1.807) is 12.4 Å². The predicted molar refractivity (Wildman–Crippen MR) is 53.0 cm³/mol. The molecule has 2 aromatic heterocycles. The zero-order valence-corrected chi connectivity index (χ0v) is 8.10. The van der Waals surface area contributed by atoms with Crippen LogP contribution >= 0.6 is 0 Å². The molecule has 0 unspecified atom stereocenters. The van der Waals surface area contributed by atoms with Crippen LogP contribution in [0.5, 0.6) is 0 Å². The van der Waals surface area contributed by atoms with Crippen molar-refractivity contribution >= 4 is 0 Å². The van der Waals surface area contributed by atoms with Gasteiger partial charge in [0.2, 0.25) is 0 Å². The van der Waals surface area contributed by atoms with E-state index in [0.29, 0.717) is 6.61 Å². The summed E-state index contributed by atoms with van der Waals surface area (Å²) in [5.41, 5.74) is 4.14. The maximum atomic E-state index is 5.42. The molecule has 0 amide bonds. The van der Waals surface area contributed by atoms with Crippen LogP contribution in [-0.2, 0) is 17.8 Å². The molecule has 0 aliphatic carbocycles. The molecule has 0 saturated heterocycles. The third kappa shape index (κ3) is 1.41. The van der Waals surface area contributed by atoms with Crippen molar-refractivity contribution in [3.8, 4) is 11.3 Å². The number of hydrogen-bond donors (Lipinski definition) is 1. The fourth-order valence-corrected chi connectivity index (χ4v) is 1.77. The molecular formula is C10H10N4O. The Morgan fingerprint density at radius 3 is 3.00 bits per heavy atom. The Morgan fingerprint density at radius 1 is 1.27 bits per heavy atom. The van der Waals surface area contributed by atoms with Crippen molar-refractivity contribution in [1.82, 2.24) is 20.2 Å². The number of nitrogens with zero attached hydrogens (tertiary/aromatic N) is 3. The van der Waals surface area contributed by atoms with Crippen molar-refractivity contribution in [3.63, 3.8) is 0 Å². The van der Waals surface area contributed by atoms with E-state index >= 15 is 0 Å². The highest BCUT2D eigenvalue weighted by Gasteiger charge is 2.18. The van der Waals surface area contributed by atoms with Gasteiger partial charge in [-0.2, -0.15) is 5.10 Å². The molecule has 76 valence electrons. The van der Waals surface area contributed by atoms with Crippen LogP contribution in [0.3, 0.4) is 0 Å². The molecule has 1 N–H and O–H groups in total. The van der Waals surface area contributed by atoms with Crippen molar-refractivity contribution in [2.45, 2.75) is 13.0 Å². The topological polar surface area (TPSA) is 63.7 Å². The van der Waals surface area contributed by atoms with Gasteiger partial charge in [0, 0.05) is 35.6 Å². The summed E-state index contributed by atoms with van der Waals surface area (Å²) in [4.78, 5) is 7.97. The van der Waals surface area contributed by atoms with Gasteiger partial charge in [0.25, 0.3) is 0 Å². The van der Waals surface area contributed by atoms with Crippen LogP contribution in [0.2, 0.25) is 0 Å². The molecule has 5 heteroatoms. The second kappa shape index (κ2) is 3.43. The zero-order valence-electron chi connectivity index (χ0n) is 8.10. The van der Waals surface area contributed by atoms with Crippen LogP contribution < -0.4 is 0 Å². The summed E-state index contributed by atoms with van der Waals surface area (Å²) in [6, 6.07) is 0. The van der Waals surface area contributed by atoms with E-state index in [0.717, 1.165) is 29.8 Å². The molecule has 0 spiro atoms. The van der Waals surface area contributed by atoms with Gasteiger partial charge in [0.05, 0.1) is 13.2 Å². The molecule has 0 atom stereocenters. The van der Waals surface area contributed by atoms with E-state index in [-0.39, 0.29) is 0 Å². The fourth-order valence-electron chi connectivity index (χ4n) is 1.77. The largest absolute Gasteiger partial charge is 0.376 e. The molecule has 0 fully saturated rings. The molecule has 5 nitrogen and oxygen atoms in total. The highest BCUT2D eigenvalue weighted by atomic mass is 16.5. The van der Waals surface area contributed by atoms with Crippen LogP contribution in [0.1, 0.15) is 11.3 Å². The maximum Gasteiger partial charge on any atom is 0.115 e. The van der Waals surface area contributed by atoms with Gasteiger partial charge in [-0.3, -0.25) is 5.10 Å². The minimum absolute atomic E-state index is 0.621. The van der Waals surface area contributed by atoms with Gasteiger partial charge >= 0.3 is 0 Å². The number of fused-ring (bicyclic) bond motifs is 1. The van der Waals surface area contributed by atoms with Crippen LogP contribution in [-0.4, -0.2) is 26.8 Å². The molecule has 0 radical (unpaired) electrons. The third-order valence-electron chi connectivity index (χ3n) is 2.53. The summed E-state index contributed by atoms with van der Waals surface area (Å²) in [5.74, 6) is 0. The van der Waals surface area contributed by atoms with Crippen LogP contribution in [0.4, 0.5) is 0 Å². The molecule has 0 aromatic carbocycles. The monoisotopic (exact) mass is 202 g/mol. The third-order valence-corrected chi connectivity index (χ3v) is 2.53. The van der Waals surface area contributed by atoms with E-state index < -0.39 is 0 Å². The molecule has 1 aliphatic heterocycles. The first-order chi connectivity index (χ1) is 7.45. The zero-order chi connectivity index (χ0) is 10.1. The molecule has 2 aromatic rings. The molecule has 15 heavy (non-hydrogen) atoms. The van der Waals surface area contributed by atoms with Gasteiger partial charge in [-0.05, 0) is 0 Å². The lowest BCUT2D eigenvalue weighted by Crippen LogP contribution is -2.08. The summed E-state index contributed by atoms with van der Waals surface area (Å²) in [6.45, 7) is 1.38. The second-order valence-corrected chi connectivity index (χ2v) is 3.46. The quantitative estimate of drug-likeness (QED) is 0.747. The van der Waals surface area contributed by atoms with Gasteiger partial charge in [-0.1, -0.05) is 0 Å². The van der Waals surface area contributed by atoms with Gasteiger partial charge in [0.15, 0.2) is 0 Å². The normalized spacial score (nSPS) is 14.9. The van der Waals surface area contributed by atoms with Gasteiger partial charge in [0.1, 0.15) is 12.0 Å². The van der Waals surface area contributed by atoms with Gasteiger partial charge in [-0.25, -0.2) is 9.97 Å². The van der Waals surface area contributed by atoms with Gasteiger partial charge < -0.3 is 4.74 Å². The standard InChI is InChI=1S/C10H10N4O/c1-2-15-5-8-9(1)13-14-10(8)7-3-11-6-12-4-7/h3-4,6H,1-2,5H2,(H,13,14). The minimum Gasteiger partial charge on any atom is -0.376 e. The highest BCUT2D eigenvalue weighted by molar-refractivity contribution is 5.62. The maximum absolute atomic E-state index is 5.42. The first kappa shape index (κ1) is 8.55. The Morgan fingerprint density at radius 2 is 2.13 bits per heavy atom. The van der Waals surface area contributed by atoms with Crippen molar-refractivity contribution in [1.29, 1.82) is 0 Å². The highest BCUT2D eigenvalue weighted by Crippen LogP contribution is 2.25. The lowest BCUT2D eigenvalue weighted by Gasteiger charge is -2.11. The molecule has 3 rings (SSSR count). The lowest BCUT2D eigenvalue weighted by atomic mass is 10.1. The minimum atomic E-state index is 0.621. The van der Waals surface area contributed by atoms with E-state index in [2.05, 4.69) is 20.2 Å². The summed E-state index contributed by atoms with van der Waals surface area (Å²) in [5, 5.41) is 7.32. The van der Waals surface area contributed by atoms with Crippen molar-refractivity contribution in [2.24, 2.45) is 0 Å². The van der Waals surface area contributed by atoms with Crippen molar-refractivity contribution in [3.05, 3.63) is 30.0 Å². The summed E-state index contributed by atoms with van der Waals surface area (Å²) >= 11 is 0. The van der Waals surface area contributed by atoms with Gasteiger partial charge in [-0.15, -0.1) is 0 Å². The first-order valence-electron chi connectivity index (χ1n) is 4.84. The molecule has 0 bridgehead atoms. The lowest BCUT2D eigenvalue weighted by molar-refractivity contribution is 0.110. The molecule has 3 heterocycles. The average molecular weight is 202 g/mol. The van der Waals surface area contributed by atoms with E-state index in [1.165, 1.54) is 12.0 Å². The Balaban J connectivity index is 2.09. The Hall–Kier alpha value is -1.75. The molecular weight excluding hydrogens is 192 g/mol. The molecule has 0 saturated carbocycles. The van der Waals surface area contributed by atoms with Crippen LogP contribution in [0.25, 0.3) is 11.3 Å². The van der Waals surface area contributed by atoms with Crippen molar-refractivity contribution < 1.29 is 4.74 Å². The summed E-state index contributed by atoms with van der Waals surface area (Å²) in [7, 11) is 0. The smallest absolute Gasteiger partial charge is 0.115 e. The Labute approximate surface area is 86.5 Å². The Kier molecular flexibility index (Phi) is 1.96. The van der Waals surface area contributed by atoms with Crippen LogP contribution in [0, 0.1) is 0 Å². The van der Waals surface area contributed by atoms with E-state index in [9.17, 15) is 0 Å². The summed E-state index contributed by atoms with van der Waals surface area (Å²) < 4.78 is 5.42. The SMILES string of the molecule is c1ncc(-c2n[nH]c3c2COCC3)cn1. The van der Waals surface area contributed by atoms with Crippen LogP contribution in [0.15, 0.2) is 18.7 Å². The number of aromatic nitrogens is 4. The predicted octanol–water partition coefficient (Wildman–Crippen LogP) is 0.939. The molecule has 1 aliphatic rings. The number of H-pyrrole nitrogens is 1. The number of rotatable bonds is 1. The Bertz CT molecular complexity index is 466. The second-order valence-electron chi connectivity index (χ2n) is 3.46. The summed E-state index contributed by atoms with van der Waals surface area (Å²) in [6.07, 6.45) is 5.94. The number of hydrogen-bond acceptors (Lipinski definition) is 4. The fraction of sp³-hybridized carbons (Fsp3) is 0.300. The number of nitrogens with one attached hydrogen (secondary N) is 1. The first-order valence-corrected chi connectivity index (χ1v) is 4.84. The number of aromatic amines is 1. The van der Waals surface area contributed by atoms with Crippen molar-refractivity contribution in [2.75, 3.05) is 6.61 Å².